The number of β-lactam (4-membered cyclic amide) rings is 1. The molecule has 126 valence electrons. The smallest absolute Gasteiger partial charge is 0.352 e. The number of hydrogen-bond donors (Lipinski definition) is 2. The summed E-state index contributed by atoms with van der Waals surface area (Å²) in [6.45, 7) is 2.52. The van der Waals surface area contributed by atoms with Crippen LogP contribution >= 0.6 is 11.8 Å². The van der Waals surface area contributed by atoms with E-state index in [-0.39, 0.29) is 30.1 Å². The molecule has 2 rings (SSSR count). The van der Waals surface area contributed by atoms with Gasteiger partial charge in [0.25, 0.3) is 11.6 Å². The Hall–Kier alpha value is -2.07. The maximum absolute atomic E-state index is 12.3. The third-order valence-electron chi connectivity index (χ3n) is 3.37. The number of hydrogen-bond acceptors (Lipinski definition) is 8. The molecule has 2 aliphatic rings. The average molecular weight is 344 g/mol. The van der Waals surface area contributed by atoms with Crippen molar-refractivity contribution in [3.63, 3.8) is 0 Å². The summed E-state index contributed by atoms with van der Waals surface area (Å²) in [5.74, 6) is -3.17. The van der Waals surface area contributed by atoms with E-state index in [0.717, 1.165) is 16.7 Å². The minimum absolute atomic E-state index is 0.0446. The highest BCUT2D eigenvalue weighted by atomic mass is 32.2. The van der Waals surface area contributed by atoms with Gasteiger partial charge in [-0.05, 0) is 0 Å². The van der Waals surface area contributed by atoms with Gasteiger partial charge < -0.3 is 14.6 Å². The summed E-state index contributed by atoms with van der Waals surface area (Å²) in [6, 6.07) is 0. The van der Waals surface area contributed by atoms with Crippen LogP contribution in [0.4, 0.5) is 0 Å². The number of ether oxygens (including phenoxy) is 2. The van der Waals surface area contributed by atoms with Gasteiger partial charge in [0, 0.05) is 24.7 Å². The maximum Gasteiger partial charge on any atom is 0.352 e. The van der Waals surface area contributed by atoms with Crippen molar-refractivity contribution in [3.05, 3.63) is 11.3 Å². The summed E-state index contributed by atoms with van der Waals surface area (Å²) in [5.41, 5.74) is 3.98. The van der Waals surface area contributed by atoms with Crippen LogP contribution in [0.3, 0.4) is 0 Å². The highest BCUT2D eigenvalue weighted by molar-refractivity contribution is 8.00. The molecule has 3 N–H and O–H groups in total. The Morgan fingerprint density at radius 2 is 2.13 bits per heavy atom. The number of carboxylic acids is 1. The van der Waals surface area contributed by atoms with Crippen LogP contribution in [0.2, 0.25) is 0 Å². The number of thioether (sulfide) groups is 1. The molecule has 1 fully saturated rings. The van der Waals surface area contributed by atoms with E-state index in [4.69, 9.17) is 15.2 Å². The molecule has 0 radical (unpaired) electrons. The van der Waals surface area contributed by atoms with Crippen molar-refractivity contribution in [2.45, 2.75) is 31.4 Å². The number of fused-ring (bicyclic) bond motifs is 1. The molecule has 2 aliphatic heterocycles. The number of carbonyl (C=O) groups excluding carboxylic acids is 3. The Kier molecular flexibility index (Phi) is 4.66. The second-order valence-corrected chi connectivity index (χ2v) is 6.07. The number of amides is 1. The lowest BCUT2D eigenvalue weighted by molar-refractivity contribution is -0.195. The van der Waals surface area contributed by atoms with E-state index in [1.165, 1.54) is 6.92 Å². The first kappa shape index (κ1) is 17.3. The van der Waals surface area contributed by atoms with Crippen LogP contribution in [-0.4, -0.2) is 57.3 Å². The van der Waals surface area contributed by atoms with Crippen LogP contribution in [0.25, 0.3) is 0 Å². The van der Waals surface area contributed by atoms with E-state index in [1.807, 2.05) is 0 Å². The van der Waals surface area contributed by atoms with Gasteiger partial charge in [0.1, 0.15) is 17.7 Å². The molecule has 10 heteroatoms. The zero-order valence-electron chi connectivity index (χ0n) is 12.5. The van der Waals surface area contributed by atoms with Gasteiger partial charge in [-0.2, -0.15) is 0 Å². The van der Waals surface area contributed by atoms with E-state index >= 15 is 0 Å². The molecule has 0 aromatic carbocycles. The Morgan fingerprint density at radius 3 is 2.65 bits per heavy atom. The van der Waals surface area contributed by atoms with Gasteiger partial charge in [0.2, 0.25) is 0 Å². The van der Waals surface area contributed by atoms with Crippen molar-refractivity contribution in [2.75, 3.05) is 12.4 Å². The van der Waals surface area contributed by atoms with Crippen LogP contribution < -0.4 is 5.73 Å². The second-order valence-electron chi connectivity index (χ2n) is 5.00. The van der Waals surface area contributed by atoms with Crippen molar-refractivity contribution in [1.82, 2.24) is 4.90 Å². The minimum Gasteiger partial charge on any atom is -0.477 e. The first-order valence-electron chi connectivity index (χ1n) is 6.77. The number of carbonyl (C=O) groups is 4. The number of nitrogens with two attached hydrogens (primary N) is 1. The monoisotopic (exact) mass is 344 g/mol. The van der Waals surface area contributed by atoms with Gasteiger partial charge in [-0.3, -0.25) is 25.0 Å². The van der Waals surface area contributed by atoms with Crippen molar-refractivity contribution >= 4 is 35.6 Å². The fourth-order valence-corrected chi connectivity index (χ4v) is 3.59. The molecular weight excluding hydrogens is 328 g/mol. The number of carboxylic acid groups (broad SMARTS) is 1. The molecule has 0 aromatic rings. The fraction of sp³-hybridized carbons (Fsp3) is 0.538. The lowest BCUT2D eigenvalue weighted by Crippen LogP contribution is -2.79. The Bertz CT molecular complexity index is 617. The summed E-state index contributed by atoms with van der Waals surface area (Å²) in [4.78, 5) is 47.0. The molecule has 0 saturated carbocycles. The summed E-state index contributed by atoms with van der Waals surface area (Å²) >= 11 is 1.15. The zero-order chi connectivity index (χ0) is 17.4. The number of nitrogens with zero attached hydrogens (tertiary/aromatic N) is 1. The number of aliphatic carboxylic acids is 1. The third-order valence-corrected chi connectivity index (χ3v) is 4.76. The Morgan fingerprint density at radius 1 is 1.48 bits per heavy atom. The lowest BCUT2D eigenvalue weighted by atomic mass is 9.99. The molecule has 0 bridgehead atoms. The quantitative estimate of drug-likeness (QED) is 0.381. The standard InChI is InChI=1S/C13H16N2O7S/c1-3-8(17)22-13(14)11(20)15-9(10(18)19)7(4-21-6(2)16)5-23-12(13)15/h12H,3-5,14H2,1-2H3,(H,18,19)/t12-,13?/m1/s1. The highest BCUT2D eigenvalue weighted by Gasteiger charge is 2.65. The molecule has 23 heavy (non-hydrogen) atoms. The van der Waals surface area contributed by atoms with E-state index in [1.54, 1.807) is 6.92 Å². The largest absolute Gasteiger partial charge is 0.477 e. The summed E-state index contributed by atoms with van der Waals surface area (Å²) < 4.78 is 9.80. The molecule has 2 atom stereocenters. The maximum atomic E-state index is 12.3. The summed E-state index contributed by atoms with van der Waals surface area (Å²) in [6.07, 6.45) is 0.0446. The highest BCUT2D eigenvalue weighted by Crippen LogP contribution is 2.45. The SMILES string of the molecule is CCC(=O)OC1(N)C(=O)N2C(C(=O)O)=C(COC(C)=O)CS[C@@H]21. The van der Waals surface area contributed by atoms with Crippen molar-refractivity contribution in [1.29, 1.82) is 0 Å². The van der Waals surface area contributed by atoms with Crippen molar-refractivity contribution < 1.29 is 33.8 Å². The van der Waals surface area contributed by atoms with Gasteiger partial charge in [-0.15, -0.1) is 11.8 Å². The predicted molar refractivity (Wildman–Crippen MR) is 77.7 cm³/mol. The molecule has 0 spiro atoms. The number of rotatable bonds is 5. The molecule has 1 unspecified atom stereocenters. The topological polar surface area (TPSA) is 136 Å². The van der Waals surface area contributed by atoms with Gasteiger partial charge in [0.05, 0.1) is 0 Å². The molecule has 0 aliphatic carbocycles. The average Bonchev–Trinajstić information content (AvgIpc) is 2.50. The van der Waals surface area contributed by atoms with Crippen LogP contribution in [0.15, 0.2) is 11.3 Å². The van der Waals surface area contributed by atoms with Gasteiger partial charge in [-0.25, -0.2) is 4.79 Å². The molecule has 9 nitrogen and oxygen atoms in total. The van der Waals surface area contributed by atoms with E-state index in [2.05, 4.69) is 0 Å². The molecule has 2 heterocycles. The molecular formula is C13H16N2O7S. The molecule has 0 aromatic heterocycles. The first-order chi connectivity index (χ1) is 10.7. The van der Waals surface area contributed by atoms with E-state index in [9.17, 15) is 24.3 Å². The second kappa shape index (κ2) is 6.20. The van der Waals surface area contributed by atoms with Crippen LogP contribution in [0.5, 0.6) is 0 Å². The predicted octanol–water partition coefficient (Wildman–Crippen LogP) is -0.588. The normalized spacial score (nSPS) is 26.3. The Labute approximate surface area is 135 Å². The molecule has 1 amide bonds. The summed E-state index contributed by atoms with van der Waals surface area (Å²) in [7, 11) is 0. The summed E-state index contributed by atoms with van der Waals surface area (Å²) in [5, 5.41) is 8.54. The molecule has 1 saturated heterocycles. The van der Waals surface area contributed by atoms with Gasteiger partial charge in [0.15, 0.2) is 0 Å². The van der Waals surface area contributed by atoms with Crippen molar-refractivity contribution in [3.8, 4) is 0 Å². The number of esters is 2. The fourth-order valence-electron chi connectivity index (χ4n) is 2.27. The van der Waals surface area contributed by atoms with Gasteiger partial charge in [-0.1, -0.05) is 6.92 Å². The van der Waals surface area contributed by atoms with Gasteiger partial charge >= 0.3 is 17.9 Å². The first-order valence-corrected chi connectivity index (χ1v) is 7.81. The van der Waals surface area contributed by atoms with Crippen LogP contribution in [-0.2, 0) is 28.7 Å². The van der Waals surface area contributed by atoms with Crippen LogP contribution in [0, 0.1) is 0 Å². The van der Waals surface area contributed by atoms with E-state index in [0.29, 0.717) is 0 Å². The van der Waals surface area contributed by atoms with E-state index < -0.39 is 34.9 Å². The van der Waals surface area contributed by atoms with Crippen LogP contribution in [0.1, 0.15) is 20.3 Å². The lowest BCUT2D eigenvalue weighted by Gasteiger charge is -2.53. The van der Waals surface area contributed by atoms with Crippen molar-refractivity contribution in [2.24, 2.45) is 5.73 Å². The third kappa shape index (κ3) is 2.91. The minimum atomic E-state index is -1.87. The Balaban J connectivity index is 2.27. The zero-order valence-corrected chi connectivity index (χ0v) is 13.3.